The van der Waals surface area contributed by atoms with Gasteiger partial charge in [-0.1, -0.05) is 13.3 Å². The molecule has 2 aliphatic rings. The van der Waals surface area contributed by atoms with Gasteiger partial charge in [-0.05, 0) is 38.8 Å². The van der Waals surface area contributed by atoms with Crippen LogP contribution in [0.25, 0.3) is 0 Å². The molecule has 2 saturated heterocycles. The monoisotopic (exact) mass is 297 g/mol. The first kappa shape index (κ1) is 16.1. The SMILES string of the molecule is CC1CN(C(=O)NCC(C)N2CCCCC2)CC1C(=O)O. The average Bonchev–Trinajstić information content (AvgIpc) is 2.87. The number of carboxylic acid groups (broad SMARTS) is 1. The fourth-order valence-electron chi connectivity index (χ4n) is 3.29. The van der Waals surface area contributed by atoms with E-state index in [1.165, 1.54) is 19.3 Å². The Morgan fingerprint density at radius 2 is 1.90 bits per heavy atom. The van der Waals surface area contributed by atoms with Crippen molar-refractivity contribution in [3.63, 3.8) is 0 Å². The van der Waals surface area contributed by atoms with Crippen LogP contribution in [0.3, 0.4) is 0 Å². The molecule has 0 aliphatic carbocycles. The van der Waals surface area contributed by atoms with E-state index in [1.807, 2.05) is 6.92 Å². The van der Waals surface area contributed by atoms with Crippen molar-refractivity contribution in [3.8, 4) is 0 Å². The van der Waals surface area contributed by atoms with E-state index in [0.717, 1.165) is 13.1 Å². The molecule has 2 aliphatic heterocycles. The molecule has 2 N–H and O–H groups in total. The first-order chi connectivity index (χ1) is 9.99. The summed E-state index contributed by atoms with van der Waals surface area (Å²) in [7, 11) is 0. The third-order valence-electron chi connectivity index (χ3n) is 4.78. The summed E-state index contributed by atoms with van der Waals surface area (Å²) in [5.41, 5.74) is 0. The third-order valence-corrected chi connectivity index (χ3v) is 4.78. The van der Waals surface area contributed by atoms with Crippen molar-refractivity contribution >= 4 is 12.0 Å². The van der Waals surface area contributed by atoms with Crippen molar-refractivity contribution < 1.29 is 14.7 Å². The van der Waals surface area contributed by atoms with Crippen molar-refractivity contribution in [3.05, 3.63) is 0 Å². The minimum atomic E-state index is -0.806. The molecule has 2 heterocycles. The molecule has 3 unspecified atom stereocenters. The number of likely N-dealkylation sites (tertiary alicyclic amines) is 2. The lowest BCUT2D eigenvalue weighted by atomic mass is 9.99. The van der Waals surface area contributed by atoms with Gasteiger partial charge in [0.15, 0.2) is 0 Å². The molecule has 0 bridgehead atoms. The second kappa shape index (κ2) is 7.11. The molecule has 120 valence electrons. The van der Waals surface area contributed by atoms with Crippen LogP contribution in [0.1, 0.15) is 33.1 Å². The lowest BCUT2D eigenvalue weighted by Gasteiger charge is -2.32. The normalized spacial score (nSPS) is 28.4. The molecule has 0 aromatic carbocycles. The number of carbonyl (C=O) groups excluding carboxylic acids is 1. The molecule has 2 rings (SSSR count). The fourth-order valence-corrected chi connectivity index (χ4v) is 3.29. The molecule has 6 heteroatoms. The zero-order chi connectivity index (χ0) is 15.4. The lowest BCUT2D eigenvalue weighted by molar-refractivity contribution is -0.142. The highest BCUT2D eigenvalue weighted by atomic mass is 16.4. The van der Waals surface area contributed by atoms with Crippen molar-refractivity contribution in [1.29, 1.82) is 0 Å². The van der Waals surface area contributed by atoms with E-state index in [9.17, 15) is 9.59 Å². The maximum Gasteiger partial charge on any atom is 0.317 e. The summed E-state index contributed by atoms with van der Waals surface area (Å²) >= 11 is 0. The number of rotatable bonds is 4. The number of urea groups is 1. The Hall–Kier alpha value is -1.30. The number of hydrogen-bond acceptors (Lipinski definition) is 3. The Bertz CT molecular complexity index is 382. The smallest absolute Gasteiger partial charge is 0.317 e. The van der Waals surface area contributed by atoms with Crippen LogP contribution in [-0.2, 0) is 4.79 Å². The van der Waals surface area contributed by atoms with E-state index in [2.05, 4.69) is 17.1 Å². The van der Waals surface area contributed by atoms with Gasteiger partial charge in [0.1, 0.15) is 0 Å². The molecular weight excluding hydrogens is 270 g/mol. The van der Waals surface area contributed by atoms with E-state index in [-0.39, 0.29) is 11.9 Å². The quantitative estimate of drug-likeness (QED) is 0.818. The summed E-state index contributed by atoms with van der Waals surface area (Å²) in [5, 5.41) is 12.1. The first-order valence-corrected chi connectivity index (χ1v) is 7.98. The van der Waals surface area contributed by atoms with Gasteiger partial charge in [0, 0.05) is 25.7 Å². The van der Waals surface area contributed by atoms with Crippen molar-refractivity contribution in [2.45, 2.75) is 39.2 Å². The topological polar surface area (TPSA) is 72.9 Å². The zero-order valence-corrected chi connectivity index (χ0v) is 13.0. The summed E-state index contributed by atoms with van der Waals surface area (Å²) in [6.45, 7) is 7.72. The van der Waals surface area contributed by atoms with E-state index >= 15 is 0 Å². The maximum atomic E-state index is 12.1. The van der Waals surface area contributed by atoms with Crippen LogP contribution in [0.5, 0.6) is 0 Å². The van der Waals surface area contributed by atoms with Gasteiger partial charge >= 0.3 is 12.0 Å². The van der Waals surface area contributed by atoms with E-state index in [0.29, 0.717) is 25.7 Å². The molecular formula is C15H27N3O3. The zero-order valence-electron chi connectivity index (χ0n) is 13.0. The van der Waals surface area contributed by atoms with E-state index in [4.69, 9.17) is 5.11 Å². The van der Waals surface area contributed by atoms with Gasteiger partial charge in [0.25, 0.3) is 0 Å². The molecule has 0 aromatic heterocycles. The predicted molar refractivity (Wildman–Crippen MR) is 80.1 cm³/mol. The maximum absolute atomic E-state index is 12.1. The molecule has 6 nitrogen and oxygen atoms in total. The highest BCUT2D eigenvalue weighted by Gasteiger charge is 2.37. The van der Waals surface area contributed by atoms with Gasteiger partial charge in [0.05, 0.1) is 5.92 Å². The second-order valence-corrected chi connectivity index (χ2v) is 6.46. The van der Waals surface area contributed by atoms with Crippen LogP contribution >= 0.6 is 0 Å². The Labute approximate surface area is 126 Å². The number of amides is 2. The Morgan fingerprint density at radius 3 is 2.48 bits per heavy atom. The number of carbonyl (C=O) groups is 2. The van der Waals surface area contributed by atoms with Gasteiger partial charge in [-0.3, -0.25) is 9.69 Å². The fraction of sp³-hybridized carbons (Fsp3) is 0.867. The van der Waals surface area contributed by atoms with Gasteiger partial charge in [-0.2, -0.15) is 0 Å². The van der Waals surface area contributed by atoms with Gasteiger partial charge in [-0.25, -0.2) is 4.79 Å². The predicted octanol–water partition coefficient (Wildman–Crippen LogP) is 1.22. The Morgan fingerprint density at radius 1 is 1.24 bits per heavy atom. The molecule has 0 radical (unpaired) electrons. The molecule has 0 aromatic rings. The van der Waals surface area contributed by atoms with Gasteiger partial charge in [0.2, 0.25) is 0 Å². The highest BCUT2D eigenvalue weighted by Crippen LogP contribution is 2.23. The molecule has 3 atom stereocenters. The molecule has 21 heavy (non-hydrogen) atoms. The summed E-state index contributed by atoms with van der Waals surface area (Å²) < 4.78 is 0. The van der Waals surface area contributed by atoms with Gasteiger partial charge in [-0.15, -0.1) is 0 Å². The van der Waals surface area contributed by atoms with E-state index < -0.39 is 11.9 Å². The van der Waals surface area contributed by atoms with Crippen LogP contribution in [-0.4, -0.2) is 65.7 Å². The number of nitrogens with one attached hydrogen (secondary N) is 1. The molecule has 2 fully saturated rings. The van der Waals surface area contributed by atoms with Crippen LogP contribution < -0.4 is 5.32 Å². The van der Waals surface area contributed by atoms with Crippen molar-refractivity contribution in [2.24, 2.45) is 11.8 Å². The van der Waals surface area contributed by atoms with Crippen molar-refractivity contribution in [1.82, 2.24) is 15.1 Å². The van der Waals surface area contributed by atoms with Gasteiger partial charge < -0.3 is 15.3 Å². The Kier molecular flexibility index (Phi) is 5.45. The van der Waals surface area contributed by atoms with Crippen LogP contribution in [0.2, 0.25) is 0 Å². The summed E-state index contributed by atoms with van der Waals surface area (Å²) in [5.74, 6) is -1.22. The summed E-state index contributed by atoms with van der Waals surface area (Å²) in [4.78, 5) is 27.3. The second-order valence-electron chi connectivity index (χ2n) is 6.46. The lowest BCUT2D eigenvalue weighted by Crippen LogP contribution is -2.47. The van der Waals surface area contributed by atoms with Crippen LogP contribution in [0.15, 0.2) is 0 Å². The molecule has 0 spiro atoms. The Balaban J connectivity index is 1.75. The number of aliphatic carboxylic acids is 1. The van der Waals surface area contributed by atoms with Crippen LogP contribution in [0, 0.1) is 11.8 Å². The summed E-state index contributed by atoms with van der Waals surface area (Å²) in [6.07, 6.45) is 3.78. The molecule has 0 saturated carbocycles. The van der Waals surface area contributed by atoms with Crippen molar-refractivity contribution in [2.75, 3.05) is 32.7 Å². The first-order valence-electron chi connectivity index (χ1n) is 7.98. The highest BCUT2D eigenvalue weighted by molar-refractivity contribution is 5.77. The number of nitrogens with zero attached hydrogens (tertiary/aromatic N) is 2. The summed E-state index contributed by atoms with van der Waals surface area (Å²) in [6, 6.07) is 0.207. The number of hydrogen-bond donors (Lipinski definition) is 2. The minimum Gasteiger partial charge on any atom is -0.481 e. The van der Waals surface area contributed by atoms with E-state index in [1.54, 1.807) is 4.90 Å². The number of piperidine rings is 1. The molecule has 2 amide bonds. The largest absolute Gasteiger partial charge is 0.481 e. The van der Waals surface area contributed by atoms with Crippen LogP contribution in [0.4, 0.5) is 4.79 Å². The number of carboxylic acids is 1. The minimum absolute atomic E-state index is 0.0211. The third kappa shape index (κ3) is 4.09. The standard InChI is InChI=1S/C15H27N3O3/c1-11-9-18(10-13(11)14(19)20)15(21)16-8-12(2)17-6-4-3-5-7-17/h11-13H,3-10H2,1-2H3,(H,16,21)(H,19,20). The average molecular weight is 297 g/mol.